The molecule has 276 valence electrons. The van der Waals surface area contributed by atoms with Gasteiger partial charge in [-0.25, -0.2) is 4.98 Å². The van der Waals surface area contributed by atoms with E-state index in [2.05, 4.69) is 78.4 Å². The molecule has 9 nitrogen and oxygen atoms in total. The highest BCUT2D eigenvalue weighted by molar-refractivity contribution is 5.96. The SMILES string of the molecule is C=CC=C.CC.CCCC.CCCCC(CCC)Oc1nc(Nc2ccc(N3CCC(N4CCNCC4)CC3)cc2)c(C(N)=O)nc1CC. The summed E-state index contributed by atoms with van der Waals surface area (Å²) in [6.45, 7) is 28.1. The number of hydrogen-bond donors (Lipinski definition) is 3. The van der Waals surface area contributed by atoms with Crippen LogP contribution in [0.1, 0.15) is 122 Å². The molecule has 4 N–H and O–H groups in total. The monoisotopic (exact) mass is 680 g/mol. The van der Waals surface area contributed by atoms with Gasteiger partial charge in [0.25, 0.3) is 5.91 Å². The number of aromatic nitrogens is 2. The van der Waals surface area contributed by atoms with E-state index >= 15 is 0 Å². The number of rotatable bonds is 15. The smallest absolute Gasteiger partial charge is 0.271 e. The predicted octanol–water partition coefficient (Wildman–Crippen LogP) is 8.68. The Morgan fingerprint density at radius 3 is 2.04 bits per heavy atom. The average molecular weight is 680 g/mol. The normalized spacial score (nSPS) is 15.2. The van der Waals surface area contributed by atoms with Gasteiger partial charge < -0.3 is 26.0 Å². The van der Waals surface area contributed by atoms with E-state index in [1.54, 1.807) is 12.2 Å². The fourth-order valence-corrected chi connectivity index (χ4v) is 5.64. The number of anilines is 3. The van der Waals surface area contributed by atoms with Crippen LogP contribution < -0.4 is 26.0 Å². The molecular weight excluding hydrogens is 610 g/mol. The number of benzene rings is 1. The van der Waals surface area contributed by atoms with Crippen molar-refractivity contribution in [2.75, 3.05) is 49.5 Å². The van der Waals surface area contributed by atoms with E-state index in [9.17, 15) is 4.79 Å². The van der Waals surface area contributed by atoms with E-state index in [1.807, 2.05) is 32.9 Å². The summed E-state index contributed by atoms with van der Waals surface area (Å²) >= 11 is 0. The summed E-state index contributed by atoms with van der Waals surface area (Å²) in [5.74, 6) is 0.222. The lowest BCUT2D eigenvalue weighted by Crippen LogP contribution is -2.52. The number of carbonyl (C=O) groups excluding carboxylic acids is 1. The first-order valence-electron chi connectivity index (χ1n) is 19.0. The Balaban J connectivity index is 0.00000107. The second-order valence-electron chi connectivity index (χ2n) is 12.2. The standard InChI is InChI=1S/C30H47N7O2.C4H10.C4H6.C2H6/c1-4-7-9-25(8-5-2)39-30-26(6-3)34-27(28(31)38)29(35-30)33-22-10-12-23(13-11-22)36-18-14-24(15-19-36)37-20-16-32-17-21-37;2*1-3-4-2;1-2/h10-13,24-25,32H,4-9,14-21H2,1-3H3,(H2,31,38)(H,33,35);3-4H2,1-2H3;3-4H,1-2H2;1-2H3. The van der Waals surface area contributed by atoms with Gasteiger partial charge in [0.05, 0.1) is 0 Å². The highest BCUT2D eigenvalue weighted by atomic mass is 16.5. The second-order valence-corrected chi connectivity index (χ2v) is 12.2. The maximum absolute atomic E-state index is 12.3. The molecule has 0 bridgehead atoms. The van der Waals surface area contributed by atoms with Crippen LogP contribution in [0.4, 0.5) is 17.2 Å². The van der Waals surface area contributed by atoms with Gasteiger partial charge in [-0.1, -0.05) is 106 Å². The summed E-state index contributed by atoms with van der Waals surface area (Å²) in [5, 5.41) is 6.74. The number of unbranched alkanes of at least 4 members (excludes halogenated alkanes) is 2. The van der Waals surface area contributed by atoms with Crippen molar-refractivity contribution in [3.63, 3.8) is 0 Å². The first kappa shape index (κ1) is 43.6. The maximum atomic E-state index is 12.3. The van der Waals surface area contributed by atoms with Gasteiger partial charge in [0, 0.05) is 56.7 Å². The van der Waals surface area contributed by atoms with E-state index in [1.165, 1.54) is 31.4 Å². The molecule has 2 saturated heterocycles. The van der Waals surface area contributed by atoms with Gasteiger partial charge in [-0.05, 0) is 56.4 Å². The summed E-state index contributed by atoms with van der Waals surface area (Å²) in [7, 11) is 0. The summed E-state index contributed by atoms with van der Waals surface area (Å²) in [6, 6.07) is 9.01. The number of hydrogen-bond acceptors (Lipinski definition) is 8. The number of amides is 1. The Hall–Kier alpha value is -3.43. The molecule has 2 aliphatic rings. The Morgan fingerprint density at radius 1 is 0.939 bits per heavy atom. The van der Waals surface area contributed by atoms with Crippen molar-refractivity contribution in [3.05, 3.63) is 61.0 Å². The van der Waals surface area contributed by atoms with Gasteiger partial charge in [0.1, 0.15) is 11.8 Å². The van der Waals surface area contributed by atoms with Crippen molar-refractivity contribution < 1.29 is 9.53 Å². The van der Waals surface area contributed by atoms with Crippen molar-refractivity contribution in [2.24, 2.45) is 5.73 Å². The fraction of sp³-hybridized carbons (Fsp3) is 0.625. The molecule has 0 saturated carbocycles. The van der Waals surface area contributed by atoms with E-state index in [-0.39, 0.29) is 11.8 Å². The summed E-state index contributed by atoms with van der Waals surface area (Å²) < 4.78 is 6.36. The van der Waals surface area contributed by atoms with Gasteiger partial charge in [-0.15, -0.1) is 0 Å². The molecule has 1 unspecified atom stereocenters. The second kappa shape index (κ2) is 26.4. The molecule has 3 heterocycles. The molecule has 0 aliphatic carbocycles. The molecule has 0 spiro atoms. The number of nitrogens with one attached hydrogen (secondary N) is 2. The van der Waals surface area contributed by atoms with Crippen molar-refractivity contribution >= 4 is 23.1 Å². The molecule has 1 atom stereocenters. The van der Waals surface area contributed by atoms with Gasteiger partial charge in [-0.3, -0.25) is 9.69 Å². The third-order valence-electron chi connectivity index (χ3n) is 8.56. The average Bonchev–Trinajstić information content (AvgIpc) is 3.15. The quantitative estimate of drug-likeness (QED) is 0.161. The molecule has 1 amide bonds. The lowest BCUT2D eigenvalue weighted by Gasteiger charge is -2.41. The molecule has 49 heavy (non-hydrogen) atoms. The number of carbonyl (C=O) groups is 1. The van der Waals surface area contributed by atoms with Crippen LogP contribution in [0, 0.1) is 0 Å². The van der Waals surface area contributed by atoms with E-state index < -0.39 is 5.91 Å². The van der Waals surface area contributed by atoms with Gasteiger partial charge in [0.2, 0.25) is 5.88 Å². The summed E-state index contributed by atoms with van der Waals surface area (Å²) in [5.41, 5.74) is 8.55. The van der Waals surface area contributed by atoms with Gasteiger partial charge in [0.15, 0.2) is 11.5 Å². The number of piperazine rings is 1. The Labute approximate surface area is 299 Å². The molecule has 0 radical (unpaired) electrons. The van der Waals surface area contributed by atoms with Crippen LogP contribution in [0.25, 0.3) is 0 Å². The van der Waals surface area contributed by atoms with Crippen LogP contribution >= 0.6 is 0 Å². The summed E-state index contributed by atoms with van der Waals surface area (Å²) in [4.78, 5) is 26.7. The van der Waals surface area contributed by atoms with E-state index in [4.69, 9.17) is 15.5 Å². The van der Waals surface area contributed by atoms with Crippen LogP contribution in [0.3, 0.4) is 0 Å². The van der Waals surface area contributed by atoms with Crippen LogP contribution in [0.15, 0.2) is 49.6 Å². The Kier molecular flexibility index (Phi) is 23.5. The van der Waals surface area contributed by atoms with E-state index in [0.29, 0.717) is 29.9 Å². The molecule has 2 aromatic rings. The Bertz CT molecular complexity index is 1170. The largest absolute Gasteiger partial charge is 0.473 e. The molecule has 4 rings (SSSR count). The number of primary amides is 1. The fourth-order valence-electron chi connectivity index (χ4n) is 5.64. The van der Waals surface area contributed by atoms with Crippen LogP contribution in [0.5, 0.6) is 5.88 Å². The van der Waals surface area contributed by atoms with Crippen molar-refractivity contribution in [3.8, 4) is 5.88 Å². The highest BCUT2D eigenvalue weighted by Crippen LogP contribution is 2.28. The van der Waals surface area contributed by atoms with Gasteiger partial charge in [-0.2, -0.15) is 4.98 Å². The van der Waals surface area contributed by atoms with Gasteiger partial charge >= 0.3 is 0 Å². The zero-order valence-corrected chi connectivity index (χ0v) is 32.0. The predicted molar refractivity (Wildman–Crippen MR) is 211 cm³/mol. The number of piperidine rings is 1. The molecule has 2 aliphatic heterocycles. The van der Waals surface area contributed by atoms with Crippen molar-refractivity contribution in [1.82, 2.24) is 20.2 Å². The first-order valence-corrected chi connectivity index (χ1v) is 19.0. The molecule has 1 aromatic heterocycles. The minimum absolute atomic E-state index is 0.0804. The number of nitrogens with two attached hydrogens (primary N) is 1. The first-order chi connectivity index (χ1) is 23.8. The minimum atomic E-state index is -0.605. The number of aryl methyl sites for hydroxylation is 1. The topological polar surface area (TPSA) is 109 Å². The lowest BCUT2D eigenvalue weighted by molar-refractivity contribution is 0.0995. The maximum Gasteiger partial charge on any atom is 0.271 e. The van der Waals surface area contributed by atoms with Crippen LogP contribution in [-0.4, -0.2) is 72.2 Å². The zero-order valence-electron chi connectivity index (χ0n) is 32.0. The molecule has 1 aromatic carbocycles. The number of nitrogens with zero attached hydrogens (tertiary/aromatic N) is 4. The molecular formula is C40H69N7O2. The van der Waals surface area contributed by atoms with E-state index in [0.717, 1.165) is 77.1 Å². The minimum Gasteiger partial charge on any atom is -0.473 e. The van der Waals surface area contributed by atoms with Crippen molar-refractivity contribution in [1.29, 1.82) is 0 Å². The number of allylic oxidation sites excluding steroid dienone is 2. The highest BCUT2D eigenvalue weighted by Gasteiger charge is 2.26. The number of ether oxygens (including phenoxy) is 1. The molecule has 9 heteroatoms. The van der Waals surface area contributed by atoms with Crippen LogP contribution in [0.2, 0.25) is 0 Å². The Morgan fingerprint density at radius 2 is 1.55 bits per heavy atom. The zero-order chi connectivity index (χ0) is 36.4. The molecule has 2 fully saturated rings. The van der Waals surface area contributed by atoms with Crippen LogP contribution in [-0.2, 0) is 6.42 Å². The lowest BCUT2D eigenvalue weighted by atomic mass is 10.0. The van der Waals surface area contributed by atoms with Crippen molar-refractivity contribution in [2.45, 2.75) is 125 Å². The third-order valence-corrected chi connectivity index (χ3v) is 8.56. The third kappa shape index (κ3) is 15.8. The summed E-state index contributed by atoms with van der Waals surface area (Å²) in [6.07, 6.45) is 14.2.